The van der Waals surface area contributed by atoms with Crippen molar-refractivity contribution in [2.24, 2.45) is 0 Å². The standard InChI is InChI=1S/C24H22N4S2/c1-16-7-8-19(14-21(16)24-25-15-18-5-3-4-6-22(18)26-24)27-30-23-10-9-20(13-17(23)2)28-11-12-29-28/h3-10,13-15,27H,11-12H2,1-2H3. The van der Waals surface area contributed by atoms with Crippen LogP contribution >= 0.6 is 23.9 Å². The van der Waals surface area contributed by atoms with Crippen LogP contribution in [0.5, 0.6) is 0 Å². The van der Waals surface area contributed by atoms with Crippen molar-refractivity contribution in [3.63, 3.8) is 0 Å². The third-order valence-electron chi connectivity index (χ3n) is 5.23. The zero-order valence-electron chi connectivity index (χ0n) is 16.9. The summed E-state index contributed by atoms with van der Waals surface area (Å²) in [6.07, 6.45) is 1.90. The highest BCUT2D eigenvalue weighted by Crippen LogP contribution is 2.34. The summed E-state index contributed by atoms with van der Waals surface area (Å²) in [6, 6.07) is 21.1. The van der Waals surface area contributed by atoms with Crippen molar-refractivity contribution in [1.29, 1.82) is 0 Å². The summed E-state index contributed by atoms with van der Waals surface area (Å²) in [7, 11) is 0. The molecule has 0 aliphatic carbocycles. The molecule has 1 fully saturated rings. The van der Waals surface area contributed by atoms with Crippen LogP contribution in [0, 0.1) is 13.8 Å². The molecule has 0 unspecified atom stereocenters. The van der Waals surface area contributed by atoms with Gasteiger partial charge in [0, 0.05) is 45.7 Å². The smallest absolute Gasteiger partial charge is 0.160 e. The Morgan fingerprint density at radius 1 is 1.00 bits per heavy atom. The molecule has 4 aromatic rings. The van der Waals surface area contributed by atoms with E-state index in [1.165, 1.54) is 21.9 Å². The molecule has 1 aromatic heterocycles. The average Bonchev–Trinajstić information content (AvgIpc) is 2.72. The Hall–Kier alpha value is -2.70. The number of aryl methyl sites for hydroxylation is 2. The molecule has 30 heavy (non-hydrogen) atoms. The maximum Gasteiger partial charge on any atom is 0.160 e. The van der Waals surface area contributed by atoms with E-state index in [-0.39, 0.29) is 0 Å². The summed E-state index contributed by atoms with van der Waals surface area (Å²) in [5.41, 5.74) is 6.79. The molecule has 1 N–H and O–H groups in total. The number of rotatable bonds is 5. The van der Waals surface area contributed by atoms with Crippen molar-refractivity contribution in [2.75, 3.05) is 21.3 Å². The molecular formula is C24H22N4S2. The van der Waals surface area contributed by atoms with Crippen molar-refractivity contribution in [2.45, 2.75) is 18.7 Å². The normalized spacial score (nSPS) is 13.3. The van der Waals surface area contributed by atoms with Crippen LogP contribution in [0.4, 0.5) is 11.4 Å². The van der Waals surface area contributed by atoms with Gasteiger partial charge in [-0.25, -0.2) is 9.97 Å². The molecule has 1 aliphatic rings. The van der Waals surface area contributed by atoms with Gasteiger partial charge in [0.25, 0.3) is 0 Å². The summed E-state index contributed by atoms with van der Waals surface area (Å²) < 4.78 is 5.83. The van der Waals surface area contributed by atoms with E-state index >= 15 is 0 Å². The summed E-state index contributed by atoms with van der Waals surface area (Å²) in [5.74, 6) is 1.97. The van der Waals surface area contributed by atoms with Crippen LogP contribution in [0.2, 0.25) is 0 Å². The molecule has 5 rings (SSSR count). The third-order valence-corrected chi connectivity index (χ3v) is 7.32. The van der Waals surface area contributed by atoms with Gasteiger partial charge in [-0.05, 0) is 85.3 Å². The first-order chi connectivity index (χ1) is 14.7. The van der Waals surface area contributed by atoms with Crippen LogP contribution in [0.1, 0.15) is 11.1 Å². The lowest BCUT2D eigenvalue weighted by atomic mass is 10.1. The molecule has 1 saturated heterocycles. The number of para-hydroxylation sites is 1. The van der Waals surface area contributed by atoms with Crippen LogP contribution in [-0.2, 0) is 0 Å². The fourth-order valence-corrected chi connectivity index (χ4v) is 4.77. The molecule has 0 saturated carbocycles. The molecule has 0 bridgehead atoms. The zero-order valence-corrected chi connectivity index (χ0v) is 18.6. The van der Waals surface area contributed by atoms with Gasteiger partial charge in [-0.3, -0.25) is 0 Å². The highest BCUT2D eigenvalue weighted by molar-refractivity contribution is 8.02. The van der Waals surface area contributed by atoms with E-state index in [1.807, 2.05) is 42.4 Å². The summed E-state index contributed by atoms with van der Waals surface area (Å²) in [5, 5.41) is 1.05. The molecule has 4 nitrogen and oxygen atoms in total. The van der Waals surface area contributed by atoms with E-state index in [1.54, 1.807) is 11.9 Å². The monoisotopic (exact) mass is 430 g/mol. The van der Waals surface area contributed by atoms with Crippen molar-refractivity contribution in [3.05, 3.63) is 78.0 Å². The Bertz CT molecular complexity index is 1220. The fourth-order valence-electron chi connectivity index (χ4n) is 3.43. The lowest BCUT2D eigenvalue weighted by Gasteiger charge is -2.31. The van der Waals surface area contributed by atoms with Gasteiger partial charge in [-0.1, -0.05) is 24.3 Å². The Morgan fingerprint density at radius 2 is 1.87 bits per heavy atom. The van der Waals surface area contributed by atoms with E-state index < -0.39 is 0 Å². The number of fused-ring (bicyclic) bond motifs is 1. The molecule has 1 aliphatic heterocycles. The predicted molar refractivity (Wildman–Crippen MR) is 130 cm³/mol. The number of aromatic nitrogens is 2. The SMILES string of the molecule is Cc1cc(N2CCS2)ccc1SNc1ccc(C)c(-c2ncc3ccccc3n2)c1. The van der Waals surface area contributed by atoms with E-state index in [0.717, 1.165) is 40.1 Å². The summed E-state index contributed by atoms with van der Waals surface area (Å²) in [4.78, 5) is 10.6. The van der Waals surface area contributed by atoms with Gasteiger partial charge in [0.05, 0.1) is 5.52 Å². The largest absolute Gasteiger partial charge is 0.326 e. The second-order valence-corrected chi connectivity index (χ2v) is 9.33. The first kappa shape index (κ1) is 19.3. The van der Waals surface area contributed by atoms with Crippen LogP contribution in [0.25, 0.3) is 22.3 Å². The van der Waals surface area contributed by atoms with Gasteiger partial charge in [0.1, 0.15) is 0 Å². The topological polar surface area (TPSA) is 41.0 Å². The Morgan fingerprint density at radius 3 is 2.67 bits per heavy atom. The highest BCUT2D eigenvalue weighted by Gasteiger charge is 2.16. The molecule has 0 radical (unpaired) electrons. The highest BCUT2D eigenvalue weighted by atomic mass is 32.2. The van der Waals surface area contributed by atoms with Crippen molar-refractivity contribution >= 4 is 46.2 Å². The van der Waals surface area contributed by atoms with Crippen molar-refractivity contribution < 1.29 is 0 Å². The Kier molecular flexibility index (Phi) is 5.27. The van der Waals surface area contributed by atoms with Crippen molar-refractivity contribution in [3.8, 4) is 11.4 Å². The maximum absolute atomic E-state index is 4.77. The maximum atomic E-state index is 4.77. The molecule has 2 heterocycles. The lowest BCUT2D eigenvalue weighted by molar-refractivity contribution is 1.05. The lowest BCUT2D eigenvalue weighted by Crippen LogP contribution is -2.28. The fraction of sp³-hybridized carbons (Fsp3) is 0.167. The van der Waals surface area contributed by atoms with E-state index in [9.17, 15) is 0 Å². The second-order valence-electron chi connectivity index (χ2n) is 7.37. The number of nitrogens with one attached hydrogen (secondary N) is 1. The number of benzene rings is 3. The summed E-state index contributed by atoms with van der Waals surface area (Å²) >= 11 is 3.53. The van der Waals surface area contributed by atoms with Crippen LogP contribution in [0.3, 0.4) is 0 Å². The second kappa shape index (κ2) is 8.20. The average molecular weight is 431 g/mol. The minimum Gasteiger partial charge on any atom is -0.326 e. The molecule has 0 amide bonds. The van der Waals surface area contributed by atoms with Gasteiger partial charge in [-0.15, -0.1) is 0 Å². The number of hydrogen-bond donors (Lipinski definition) is 1. The number of hydrogen-bond acceptors (Lipinski definition) is 6. The van der Waals surface area contributed by atoms with Crippen LogP contribution in [0.15, 0.2) is 71.8 Å². The zero-order chi connectivity index (χ0) is 20.5. The molecule has 6 heteroatoms. The quantitative estimate of drug-likeness (QED) is 0.364. The molecule has 0 atom stereocenters. The van der Waals surface area contributed by atoms with Crippen LogP contribution < -0.4 is 9.03 Å². The molecule has 3 aromatic carbocycles. The first-order valence-corrected chi connectivity index (χ1v) is 11.7. The first-order valence-electron chi connectivity index (χ1n) is 9.94. The van der Waals surface area contributed by atoms with Crippen LogP contribution in [-0.4, -0.2) is 22.3 Å². The Labute approximate surface area is 185 Å². The van der Waals surface area contributed by atoms with Gasteiger partial charge in [-0.2, -0.15) is 0 Å². The minimum absolute atomic E-state index is 0.757. The number of nitrogens with zero attached hydrogens (tertiary/aromatic N) is 3. The van der Waals surface area contributed by atoms with Gasteiger partial charge in [0.2, 0.25) is 0 Å². The minimum atomic E-state index is 0.757. The van der Waals surface area contributed by atoms with E-state index in [2.05, 4.69) is 64.3 Å². The summed E-state index contributed by atoms with van der Waals surface area (Å²) in [6.45, 7) is 5.40. The van der Waals surface area contributed by atoms with Crippen molar-refractivity contribution in [1.82, 2.24) is 9.97 Å². The van der Waals surface area contributed by atoms with Gasteiger partial charge < -0.3 is 9.03 Å². The van der Waals surface area contributed by atoms with E-state index in [0.29, 0.717) is 0 Å². The van der Waals surface area contributed by atoms with E-state index in [4.69, 9.17) is 4.98 Å². The predicted octanol–water partition coefficient (Wildman–Crippen LogP) is 6.50. The van der Waals surface area contributed by atoms with Gasteiger partial charge >= 0.3 is 0 Å². The number of anilines is 2. The third kappa shape index (κ3) is 3.85. The molecule has 150 valence electrons. The Balaban J connectivity index is 1.37. The van der Waals surface area contributed by atoms with Gasteiger partial charge in [0.15, 0.2) is 5.82 Å². The molecular weight excluding hydrogens is 408 g/mol. The molecule has 0 spiro atoms.